The quantitative estimate of drug-likeness (QED) is 0.771. The first-order valence-electron chi connectivity index (χ1n) is 8.48. The molecule has 7 heteroatoms. The zero-order chi connectivity index (χ0) is 17.9. The van der Waals surface area contributed by atoms with Gasteiger partial charge in [-0.1, -0.05) is 11.6 Å². The second kappa shape index (κ2) is 5.57. The van der Waals surface area contributed by atoms with Gasteiger partial charge < -0.3 is 9.32 Å². The Balaban J connectivity index is 1.72. The highest BCUT2D eigenvalue weighted by Gasteiger charge is 2.47. The Morgan fingerprint density at radius 3 is 2.64 bits per heavy atom. The van der Waals surface area contributed by atoms with E-state index in [1.54, 1.807) is 4.90 Å². The van der Waals surface area contributed by atoms with Crippen molar-refractivity contribution in [2.24, 2.45) is 0 Å². The topological polar surface area (TPSA) is 70.8 Å². The number of fused-ring (bicyclic) bond motifs is 2. The first-order valence-corrected chi connectivity index (χ1v) is 10.3. The van der Waals surface area contributed by atoms with Gasteiger partial charge in [-0.05, 0) is 33.0 Å². The molecule has 1 aromatic heterocycles. The second-order valence-corrected chi connectivity index (χ2v) is 9.40. The van der Waals surface area contributed by atoms with Gasteiger partial charge in [0.2, 0.25) is 0 Å². The normalized spacial score (nSPS) is 26.1. The van der Waals surface area contributed by atoms with Crippen molar-refractivity contribution in [3.05, 3.63) is 35.1 Å². The van der Waals surface area contributed by atoms with Crippen LogP contribution < -0.4 is 0 Å². The molecule has 0 N–H and O–H groups in total. The molecular weight excluding hydrogens is 340 g/mol. The molecule has 0 radical (unpaired) electrons. The molecular formula is C18H22N2O4S. The maximum absolute atomic E-state index is 13.2. The monoisotopic (exact) mass is 362 g/mol. The van der Waals surface area contributed by atoms with Crippen LogP contribution in [0.3, 0.4) is 0 Å². The smallest absolute Gasteiger partial charge is 0.290 e. The summed E-state index contributed by atoms with van der Waals surface area (Å²) in [4.78, 5) is 16.9. The Bertz CT molecular complexity index is 963. The van der Waals surface area contributed by atoms with Gasteiger partial charge in [0.25, 0.3) is 5.91 Å². The van der Waals surface area contributed by atoms with Crippen LogP contribution in [0.1, 0.15) is 21.7 Å². The van der Waals surface area contributed by atoms with Crippen LogP contribution in [0.4, 0.5) is 0 Å². The Hall–Kier alpha value is -1.86. The van der Waals surface area contributed by atoms with E-state index in [9.17, 15) is 13.2 Å². The molecule has 0 bridgehead atoms. The second-order valence-electron chi connectivity index (χ2n) is 7.25. The van der Waals surface area contributed by atoms with Crippen LogP contribution in [-0.2, 0) is 9.84 Å². The molecule has 1 amide bonds. The minimum absolute atomic E-state index is 0.0339. The summed E-state index contributed by atoms with van der Waals surface area (Å²) in [5, 5.41) is 0.938. The molecule has 2 saturated heterocycles. The molecule has 3 heterocycles. The number of hydrogen-bond donors (Lipinski definition) is 0. The molecule has 2 atom stereocenters. The first kappa shape index (κ1) is 16.6. The van der Waals surface area contributed by atoms with Gasteiger partial charge in [0.15, 0.2) is 15.6 Å². The summed E-state index contributed by atoms with van der Waals surface area (Å²) in [6, 6.07) is 5.41. The van der Waals surface area contributed by atoms with Crippen LogP contribution >= 0.6 is 0 Å². The maximum Gasteiger partial charge on any atom is 0.290 e. The molecule has 2 aromatic rings. The number of nitrogens with zero attached hydrogens (tertiary/aromatic N) is 2. The number of piperazine rings is 1. The van der Waals surface area contributed by atoms with Gasteiger partial charge in [0.05, 0.1) is 17.5 Å². The van der Waals surface area contributed by atoms with Gasteiger partial charge in [0, 0.05) is 30.1 Å². The SMILES string of the molecule is Cc1ccc2oc(C(=O)N3CCN(C)C4CS(=O)(=O)CC43)c(C)c2c1. The van der Waals surface area contributed by atoms with E-state index in [2.05, 4.69) is 0 Å². The molecule has 4 rings (SSSR count). The van der Waals surface area contributed by atoms with Crippen molar-refractivity contribution < 1.29 is 17.6 Å². The zero-order valence-electron chi connectivity index (χ0n) is 14.7. The Labute approximate surface area is 147 Å². The summed E-state index contributed by atoms with van der Waals surface area (Å²) in [7, 11) is -1.19. The zero-order valence-corrected chi connectivity index (χ0v) is 15.5. The Morgan fingerprint density at radius 1 is 1.16 bits per heavy atom. The maximum atomic E-state index is 13.2. The van der Waals surface area contributed by atoms with Crippen LogP contribution in [0.5, 0.6) is 0 Å². The van der Waals surface area contributed by atoms with E-state index < -0.39 is 9.84 Å². The van der Waals surface area contributed by atoms with Gasteiger partial charge in [-0.15, -0.1) is 0 Å². The summed E-state index contributed by atoms with van der Waals surface area (Å²) in [6.45, 7) is 5.07. The van der Waals surface area contributed by atoms with Crippen molar-refractivity contribution in [2.75, 3.05) is 31.6 Å². The molecule has 0 saturated carbocycles. The highest BCUT2D eigenvalue weighted by atomic mass is 32.2. The van der Waals surface area contributed by atoms with Gasteiger partial charge in [-0.3, -0.25) is 9.69 Å². The minimum Gasteiger partial charge on any atom is -0.451 e. The lowest BCUT2D eigenvalue weighted by Crippen LogP contribution is -2.59. The van der Waals surface area contributed by atoms with Crippen LogP contribution in [-0.4, -0.2) is 67.9 Å². The van der Waals surface area contributed by atoms with Crippen LogP contribution in [0, 0.1) is 13.8 Å². The van der Waals surface area contributed by atoms with Gasteiger partial charge in [-0.25, -0.2) is 8.42 Å². The molecule has 2 unspecified atom stereocenters. The number of amides is 1. The first-order chi connectivity index (χ1) is 11.8. The fourth-order valence-electron chi connectivity index (χ4n) is 4.05. The summed E-state index contributed by atoms with van der Waals surface area (Å²) < 4.78 is 30.1. The number of aryl methyl sites for hydroxylation is 2. The van der Waals surface area contributed by atoms with Gasteiger partial charge >= 0.3 is 0 Å². The predicted molar refractivity (Wildman–Crippen MR) is 95.6 cm³/mol. The number of hydrogen-bond acceptors (Lipinski definition) is 5. The van der Waals surface area contributed by atoms with E-state index in [-0.39, 0.29) is 29.5 Å². The molecule has 2 aliphatic rings. The van der Waals surface area contributed by atoms with Crippen LogP contribution in [0.2, 0.25) is 0 Å². The van der Waals surface area contributed by atoms with Crippen LogP contribution in [0.15, 0.2) is 22.6 Å². The number of carbonyl (C=O) groups excluding carboxylic acids is 1. The average molecular weight is 362 g/mol. The average Bonchev–Trinajstić information content (AvgIpc) is 3.04. The lowest BCUT2D eigenvalue weighted by molar-refractivity contribution is 0.0383. The van der Waals surface area contributed by atoms with Crippen molar-refractivity contribution in [3.8, 4) is 0 Å². The van der Waals surface area contributed by atoms with E-state index in [0.29, 0.717) is 24.4 Å². The number of furan rings is 1. The lowest BCUT2D eigenvalue weighted by Gasteiger charge is -2.41. The summed E-state index contributed by atoms with van der Waals surface area (Å²) in [6.07, 6.45) is 0. The van der Waals surface area contributed by atoms with Gasteiger partial charge in [0.1, 0.15) is 5.58 Å². The number of likely N-dealkylation sites (N-methyl/N-ethyl adjacent to an activating group) is 1. The Kier molecular flexibility index (Phi) is 3.70. The standard InChI is InChI=1S/C18H22N2O4S/c1-11-4-5-16-13(8-11)12(2)17(24-16)18(21)20-7-6-19(3)14-9-25(22,23)10-15(14)20/h4-5,8,14-15H,6-7,9-10H2,1-3H3. The third-order valence-electron chi connectivity index (χ3n) is 5.50. The largest absolute Gasteiger partial charge is 0.451 e. The molecule has 0 aliphatic carbocycles. The van der Waals surface area contributed by atoms with E-state index in [1.165, 1.54) is 0 Å². The van der Waals surface area contributed by atoms with Gasteiger partial charge in [-0.2, -0.15) is 0 Å². The number of sulfone groups is 1. The molecule has 6 nitrogen and oxygen atoms in total. The van der Waals surface area contributed by atoms with E-state index in [4.69, 9.17) is 4.42 Å². The predicted octanol–water partition coefficient (Wildman–Crippen LogP) is 1.60. The summed E-state index contributed by atoms with van der Waals surface area (Å²) in [5.41, 5.74) is 2.62. The van der Waals surface area contributed by atoms with Crippen molar-refractivity contribution in [3.63, 3.8) is 0 Å². The highest BCUT2D eigenvalue weighted by Crippen LogP contribution is 2.31. The molecule has 25 heavy (non-hydrogen) atoms. The Morgan fingerprint density at radius 2 is 1.88 bits per heavy atom. The fourth-order valence-corrected chi connectivity index (χ4v) is 6.10. The third kappa shape index (κ3) is 2.66. The van der Waals surface area contributed by atoms with E-state index in [1.807, 2.05) is 44.0 Å². The van der Waals surface area contributed by atoms with Crippen LogP contribution in [0.25, 0.3) is 11.0 Å². The highest BCUT2D eigenvalue weighted by molar-refractivity contribution is 7.91. The number of benzene rings is 1. The fraction of sp³-hybridized carbons (Fsp3) is 0.500. The lowest BCUT2D eigenvalue weighted by atomic mass is 10.0. The minimum atomic E-state index is -3.12. The van der Waals surface area contributed by atoms with Crippen molar-refractivity contribution >= 4 is 26.7 Å². The van der Waals surface area contributed by atoms with E-state index in [0.717, 1.165) is 16.5 Å². The van der Waals surface area contributed by atoms with Crippen molar-refractivity contribution in [1.82, 2.24) is 9.80 Å². The molecule has 2 aliphatic heterocycles. The molecule has 1 aromatic carbocycles. The molecule has 0 spiro atoms. The van der Waals surface area contributed by atoms with Crippen molar-refractivity contribution in [2.45, 2.75) is 25.9 Å². The number of rotatable bonds is 1. The van der Waals surface area contributed by atoms with Crippen molar-refractivity contribution in [1.29, 1.82) is 0 Å². The summed E-state index contributed by atoms with van der Waals surface area (Å²) in [5.74, 6) is 0.280. The molecule has 134 valence electrons. The summed E-state index contributed by atoms with van der Waals surface area (Å²) >= 11 is 0. The third-order valence-corrected chi connectivity index (χ3v) is 7.20. The number of carbonyl (C=O) groups is 1. The van der Waals surface area contributed by atoms with E-state index >= 15 is 0 Å². The molecule has 2 fully saturated rings.